The largest absolute Gasteiger partial charge is 0.337 e. The first-order valence-electron chi connectivity index (χ1n) is 6.34. The minimum absolute atomic E-state index is 0.281. The molecule has 0 fully saturated rings. The Labute approximate surface area is 147 Å². The SMILES string of the molecule is CCOC(OCC)(P=O)c1cc(Br)c(CP(=O)(O)O)cc1Br. The molecule has 0 amide bonds. The van der Waals surface area contributed by atoms with Crippen molar-refractivity contribution in [2.45, 2.75) is 25.5 Å². The van der Waals surface area contributed by atoms with Crippen molar-refractivity contribution in [3.63, 3.8) is 0 Å². The van der Waals surface area contributed by atoms with Crippen LogP contribution in [0.4, 0.5) is 0 Å². The smallest absolute Gasteiger partial charge is 0.329 e. The summed E-state index contributed by atoms with van der Waals surface area (Å²) in [6.07, 6.45) is -0.405. The number of rotatable bonds is 8. The van der Waals surface area contributed by atoms with E-state index < -0.39 is 19.3 Å². The summed E-state index contributed by atoms with van der Waals surface area (Å²) in [4.78, 5) is 18.2. The Bertz CT molecular complexity index is 583. The summed E-state index contributed by atoms with van der Waals surface area (Å²) in [5.74, 6) is 0. The Balaban J connectivity index is 3.38. The van der Waals surface area contributed by atoms with Crippen molar-refractivity contribution in [3.05, 3.63) is 32.2 Å². The van der Waals surface area contributed by atoms with Crippen molar-refractivity contribution < 1.29 is 28.4 Å². The molecule has 1 rings (SSSR count). The second kappa shape index (κ2) is 8.45. The van der Waals surface area contributed by atoms with E-state index in [4.69, 9.17) is 19.3 Å². The minimum atomic E-state index is -4.20. The van der Waals surface area contributed by atoms with Gasteiger partial charge in [0.15, 0.2) is 0 Å². The van der Waals surface area contributed by atoms with E-state index in [9.17, 15) is 9.13 Å². The molecule has 6 nitrogen and oxygen atoms in total. The number of halogens is 2. The molecule has 124 valence electrons. The second-order valence-electron chi connectivity index (χ2n) is 4.29. The van der Waals surface area contributed by atoms with Gasteiger partial charge in [-0.05, 0) is 31.5 Å². The highest BCUT2D eigenvalue weighted by Gasteiger charge is 2.38. The Kier molecular flexibility index (Phi) is 7.83. The van der Waals surface area contributed by atoms with Crippen molar-refractivity contribution in [2.24, 2.45) is 0 Å². The quantitative estimate of drug-likeness (QED) is 0.426. The van der Waals surface area contributed by atoms with E-state index in [-0.39, 0.29) is 21.7 Å². The summed E-state index contributed by atoms with van der Waals surface area (Å²) in [6.45, 7) is 4.07. The maximum atomic E-state index is 11.7. The molecule has 22 heavy (non-hydrogen) atoms. The van der Waals surface area contributed by atoms with E-state index in [0.717, 1.165) is 0 Å². The van der Waals surface area contributed by atoms with E-state index >= 15 is 0 Å². The molecule has 0 radical (unpaired) electrons. The maximum absolute atomic E-state index is 11.7. The third-order valence-electron chi connectivity index (χ3n) is 2.65. The van der Waals surface area contributed by atoms with Gasteiger partial charge in [-0.1, -0.05) is 31.9 Å². The van der Waals surface area contributed by atoms with Crippen LogP contribution in [-0.2, 0) is 30.3 Å². The Hall–Kier alpha value is 0.350. The molecule has 0 aliphatic carbocycles. The normalized spacial score (nSPS) is 12.8. The number of ether oxygens (including phenoxy) is 2. The first-order valence-corrected chi connectivity index (χ1v) is 10.5. The van der Waals surface area contributed by atoms with Crippen LogP contribution in [0.5, 0.6) is 0 Å². The van der Waals surface area contributed by atoms with Crippen LogP contribution in [0, 0.1) is 0 Å². The van der Waals surface area contributed by atoms with Crippen LogP contribution in [-0.4, -0.2) is 23.0 Å². The van der Waals surface area contributed by atoms with Gasteiger partial charge in [0.2, 0.25) is 8.46 Å². The van der Waals surface area contributed by atoms with Gasteiger partial charge in [0.05, 0.1) is 6.16 Å². The van der Waals surface area contributed by atoms with Crippen molar-refractivity contribution in [3.8, 4) is 0 Å². The van der Waals surface area contributed by atoms with Gasteiger partial charge in [-0.15, -0.1) is 0 Å². The number of benzene rings is 1. The van der Waals surface area contributed by atoms with Gasteiger partial charge >= 0.3 is 7.60 Å². The zero-order valence-electron chi connectivity index (χ0n) is 12.0. The lowest BCUT2D eigenvalue weighted by Crippen LogP contribution is -2.28. The highest BCUT2D eigenvalue weighted by atomic mass is 79.9. The van der Waals surface area contributed by atoms with E-state index in [0.29, 0.717) is 20.1 Å². The van der Waals surface area contributed by atoms with Crippen LogP contribution in [0.2, 0.25) is 0 Å². The fourth-order valence-corrected chi connectivity index (χ4v) is 4.72. The molecular formula is C12H16Br2O6P2. The monoisotopic (exact) mass is 476 g/mol. The van der Waals surface area contributed by atoms with Gasteiger partial charge < -0.3 is 19.3 Å². The summed E-state index contributed by atoms with van der Waals surface area (Å²) >= 11 is 6.61. The molecule has 0 aliphatic heterocycles. The zero-order chi connectivity index (χ0) is 17.0. The molecule has 1 aromatic rings. The molecule has 1 aromatic carbocycles. The lowest BCUT2D eigenvalue weighted by atomic mass is 10.1. The van der Waals surface area contributed by atoms with Crippen molar-refractivity contribution >= 4 is 47.9 Å². The Morgan fingerprint density at radius 1 is 1.18 bits per heavy atom. The van der Waals surface area contributed by atoms with Crippen LogP contribution < -0.4 is 0 Å². The molecule has 0 atom stereocenters. The molecule has 2 N–H and O–H groups in total. The highest BCUT2D eigenvalue weighted by Crippen LogP contribution is 2.46. The summed E-state index contributed by atoms with van der Waals surface area (Å²) in [5.41, 5.74) is -0.575. The first-order chi connectivity index (χ1) is 10.2. The molecule has 0 saturated carbocycles. The van der Waals surface area contributed by atoms with Gasteiger partial charge in [-0.3, -0.25) is 9.13 Å². The molecule has 0 bridgehead atoms. The predicted molar refractivity (Wildman–Crippen MR) is 90.1 cm³/mol. The molecule has 0 spiro atoms. The van der Waals surface area contributed by atoms with Crippen LogP contribution in [0.1, 0.15) is 25.0 Å². The van der Waals surface area contributed by atoms with E-state index in [1.54, 1.807) is 26.0 Å². The third kappa shape index (κ3) is 5.18. The topological polar surface area (TPSA) is 93.1 Å². The molecule has 0 heterocycles. The third-order valence-corrected chi connectivity index (χ3v) is 5.54. The molecule has 0 saturated heterocycles. The minimum Gasteiger partial charge on any atom is -0.337 e. The molecule has 10 heteroatoms. The van der Waals surface area contributed by atoms with Crippen molar-refractivity contribution in [2.75, 3.05) is 13.2 Å². The first kappa shape index (κ1) is 20.4. The van der Waals surface area contributed by atoms with Gasteiger partial charge in [-0.25, -0.2) is 0 Å². The lowest BCUT2D eigenvalue weighted by Gasteiger charge is -2.28. The highest BCUT2D eigenvalue weighted by molar-refractivity contribution is 9.11. The van der Waals surface area contributed by atoms with Crippen LogP contribution >= 0.6 is 47.9 Å². The van der Waals surface area contributed by atoms with Gasteiger partial charge in [0, 0.05) is 27.7 Å². The standard InChI is InChI=1S/C12H16Br2O6P2/c1-3-19-12(21-15,20-4-2)9-6-10(13)8(5-11(9)14)7-22(16,17)18/h5-6H,3-4,7H2,1-2H3,(H2,16,17,18). The van der Waals surface area contributed by atoms with Crippen LogP contribution in [0.3, 0.4) is 0 Å². The maximum Gasteiger partial charge on any atom is 0.329 e. The van der Waals surface area contributed by atoms with E-state index in [1.807, 2.05) is 0 Å². The summed E-state index contributed by atoms with van der Waals surface area (Å²) < 4.78 is 34.9. The van der Waals surface area contributed by atoms with Crippen molar-refractivity contribution in [1.29, 1.82) is 0 Å². The van der Waals surface area contributed by atoms with E-state index in [1.165, 1.54) is 0 Å². The fourth-order valence-electron chi connectivity index (χ4n) is 1.86. The van der Waals surface area contributed by atoms with Crippen LogP contribution in [0.15, 0.2) is 21.1 Å². The number of hydrogen-bond acceptors (Lipinski definition) is 4. The van der Waals surface area contributed by atoms with E-state index in [2.05, 4.69) is 31.9 Å². The average molecular weight is 478 g/mol. The molecule has 0 aromatic heterocycles. The zero-order valence-corrected chi connectivity index (χ0v) is 16.9. The summed E-state index contributed by atoms with van der Waals surface area (Å²) in [7, 11) is -4.57. The number of hydrogen-bond donors (Lipinski definition) is 2. The Morgan fingerprint density at radius 3 is 2.14 bits per heavy atom. The lowest BCUT2D eigenvalue weighted by molar-refractivity contribution is -0.177. The summed E-state index contributed by atoms with van der Waals surface area (Å²) in [5, 5.41) is 0. The second-order valence-corrected chi connectivity index (χ2v) is 8.41. The molecular weight excluding hydrogens is 462 g/mol. The van der Waals surface area contributed by atoms with Gasteiger partial charge in [-0.2, -0.15) is 0 Å². The fraction of sp³-hybridized carbons (Fsp3) is 0.500. The Morgan fingerprint density at radius 2 is 1.73 bits per heavy atom. The predicted octanol–water partition coefficient (Wildman–Crippen LogP) is 4.36. The van der Waals surface area contributed by atoms with Crippen molar-refractivity contribution in [1.82, 2.24) is 0 Å². The average Bonchev–Trinajstić information content (AvgIpc) is 2.40. The van der Waals surface area contributed by atoms with Crippen LogP contribution in [0.25, 0.3) is 0 Å². The van der Waals surface area contributed by atoms with Gasteiger partial charge in [0.1, 0.15) is 0 Å². The molecule has 0 unspecified atom stereocenters. The summed E-state index contributed by atoms with van der Waals surface area (Å²) in [6, 6.07) is 3.14. The molecule has 0 aliphatic rings. The van der Waals surface area contributed by atoms with Gasteiger partial charge in [0.25, 0.3) is 5.53 Å².